The molecular formula is C18H20. The van der Waals surface area contributed by atoms with Crippen LogP contribution in [0.25, 0.3) is 11.1 Å². The third-order valence-corrected chi connectivity index (χ3v) is 4.75. The molecular weight excluding hydrogens is 216 g/mol. The second kappa shape index (κ2) is 3.71. The highest BCUT2D eigenvalue weighted by molar-refractivity contribution is 5.82. The Morgan fingerprint density at radius 3 is 2.22 bits per heavy atom. The van der Waals surface area contributed by atoms with Crippen molar-refractivity contribution in [3.63, 3.8) is 0 Å². The van der Waals surface area contributed by atoms with Gasteiger partial charge < -0.3 is 0 Å². The number of hydrogen-bond acceptors (Lipinski definition) is 0. The number of benzene rings is 2. The second-order valence-electron chi connectivity index (χ2n) is 5.69. The maximum Gasteiger partial charge on any atom is -0.00105 e. The van der Waals surface area contributed by atoms with Crippen molar-refractivity contribution in [1.82, 2.24) is 0 Å². The monoisotopic (exact) mass is 236 g/mol. The van der Waals surface area contributed by atoms with E-state index in [4.69, 9.17) is 0 Å². The summed E-state index contributed by atoms with van der Waals surface area (Å²) in [6.45, 7) is 11.2. The first-order valence-electron chi connectivity index (χ1n) is 6.70. The van der Waals surface area contributed by atoms with Gasteiger partial charge in [-0.25, -0.2) is 0 Å². The molecule has 0 heteroatoms. The van der Waals surface area contributed by atoms with Gasteiger partial charge in [-0.1, -0.05) is 18.2 Å². The smallest absolute Gasteiger partial charge is 0.00105 e. The minimum absolute atomic E-state index is 1.11. The highest BCUT2D eigenvalue weighted by Gasteiger charge is 2.23. The van der Waals surface area contributed by atoms with Gasteiger partial charge in [0.15, 0.2) is 0 Å². The lowest BCUT2D eigenvalue weighted by atomic mass is 9.92. The molecule has 0 amide bonds. The number of aryl methyl sites for hydroxylation is 2. The van der Waals surface area contributed by atoms with E-state index in [0.29, 0.717) is 0 Å². The highest BCUT2D eigenvalue weighted by Crippen LogP contribution is 2.42. The van der Waals surface area contributed by atoms with Crippen LogP contribution in [0.3, 0.4) is 0 Å². The maximum atomic E-state index is 2.38. The minimum atomic E-state index is 1.11. The van der Waals surface area contributed by atoms with E-state index in [1.54, 1.807) is 0 Å². The SMILES string of the molecule is Cc1cc2c(c(C)c1C)-c1ccc(C)c(C)c1C2. The number of rotatable bonds is 0. The van der Waals surface area contributed by atoms with Crippen LogP contribution in [0.4, 0.5) is 0 Å². The molecule has 0 radical (unpaired) electrons. The van der Waals surface area contributed by atoms with Crippen LogP contribution in [0.1, 0.15) is 38.9 Å². The summed E-state index contributed by atoms with van der Waals surface area (Å²) in [4.78, 5) is 0. The van der Waals surface area contributed by atoms with Crippen LogP contribution in [0, 0.1) is 34.6 Å². The summed E-state index contributed by atoms with van der Waals surface area (Å²) in [7, 11) is 0. The van der Waals surface area contributed by atoms with Crippen LogP contribution >= 0.6 is 0 Å². The van der Waals surface area contributed by atoms with Gasteiger partial charge in [0.1, 0.15) is 0 Å². The average molecular weight is 236 g/mol. The molecule has 0 N–H and O–H groups in total. The number of fused-ring (bicyclic) bond motifs is 3. The molecule has 0 aliphatic heterocycles. The molecule has 0 saturated carbocycles. The first-order valence-corrected chi connectivity index (χ1v) is 6.70. The lowest BCUT2D eigenvalue weighted by Gasteiger charge is -2.12. The molecule has 2 aromatic carbocycles. The molecule has 0 bridgehead atoms. The Morgan fingerprint density at radius 1 is 0.778 bits per heavy atom. The van der Waals surface area contributed by atoms with Crippen LogP contribution < -0.4 is 0 Å². The predicted octanol–water partition coefficient (Wildman–Crippen LogP) is 4.80. The van der Waals surface area contributed by atoms with Gasteiger partial charge in [0.05, 0.1) is 0 Å². The molecule has 0 atom stereocenters. The summed E-state index contributed by atoms with van der Waals surface area (Å²) >= 11 is 0. The van der Waals surface area contributed by atoms with Gasteiger partial charge >= 0.3 is 0 Å². The van der Waals surface area contributed by atoms with Crippen molar-refractivity contribution in [3.05, 3.63) is 57.1 Å². The molecule has 3 rings (SSSR count). The van der Waals surface area contributed by atoms with E-state index in [1.807, 2.05) is 0 Å². The Morgan fingerprint density at radius 2 is 1.50 bits per heavy atom. The fourth-order valence-corrected chi connectivity index (χ4v) is 3.21. The Kier molecular flexibility index (Phi) is 2.38. The third kappa shape index (κ3) is 1.38. The normalized spacial score (nSPS) is 12.5. The van der Waals surface area contributed by atoms with Crippen LogP contribution in [0.2, 0.25) is 0 Å². The quantitative estimate of drug-likeness (QED) is 0.526. The standard InChI is InChI=1S/C18H20/c1-10-6-7-16-17(13(10)4)9-15-8-11(2)12(3)14(5)18(15)16/h6-8H,9H2,1-5H3. The molecule has 0 saturated heterocycles. The summed E-state index contributed by atoms with van der Waals surface area (Å²) < 4.78 is 0. The molecule has 1 aliphatic carbocycles. The van der Waals surface area contributed by atoms with Gasteiger partial charge in [0, 0.05) is 0 Å². The van der Waals surface area contributed by atoms with E-state index >= 15 is 0 Å². The summed E-state index contributed by atoms with van der Waals surface area (Å²) in [5.41, 5.74) is 13.2. The van der Waals surface area contributed by atoms with Crippen LogP contribution in [0.5, 0.6) is 0 Å². The molecule has 0 unspecified atom stereocenters. The summed E-state index contributed by atoms with van der Waals surface area (Å²) in [5, 5.41) is 0. The second-order valence-corrected chi connectivity index (χ2v) is 5.69. The maximum absolute atomic E-state index is 2.38. The van der Waals surface area contributed by atoms with Gasteiger partial charge in [-0.05, 0) is 91.1 Å². The largest absolute Gasteiger partial charge is 0.0584 e. The Hall–Kier alpha value is -1.56. The molecule has 92 valence electrons. The van der Waals surface area contributed by atoms with E-state index < -0.39 is 0 Å². The first kappa shape index (κ1) is 11.5. The Bertz CT molecular complexity index is 660. The van der Waals surface area contributed by atoms with Gasteiger partial charge in [0.2, 0.25) is 0 Å². The van der Waals surface area contributed by atoms with Gasteiger partial charge in [-0.15, -0.1) is 0 Å². The van der Waals surface area contributed by atoms with Crippen LogP contribution in [0.15, 0.2) is 18.2 Å². The molecule has 1 aliphatic rings. The van der Waals surface area contributed by atoms with E-state index in [2.05, 4.69) is 52.8 Å². The van der Waals surface area contributed by atoms with Crippen LogP contribution in [-0.4, -0.2) is 0 Å². The Balaban J connectivity index is 2.35. The lowest BCUT2D eigenvalue weighted by Crippen LogP contribution is -1.92. The zero-order chi connectivity index (χ0) is 13.0. The lowest BCUT2D eigenvalue weighted by molar-refractivity contribution is 1.17. The van der Waals surface area contributed by atoms with Crippen LogP contribution in [-0.2, 0) is 6.42 Å². The first-order chi connectivity index (χ1) is 8.50. The highest BCUT2D eigenvalue weighted by atomic mass is 14.3. The van der Waals surface area contributed by atoms with Gasteiger partial charge in [0.25, 0.3) is 0 Å². The molecule has 18 heavy (non-hydrogen) atoms. The number of hydrogen-bond donors (Lipinski definition) is 0. The molecule has 0 nitrogen and oxygen atoms in total. The Labute approximate surface area is 110 Å². The van der Waals surface area contributed by atoms with E-state index in [0.717, 1.165) is 6.42 Å². The zero-order valence-corrected chi connectivity index (χ0v) is 11.9. The summed E-state index contributed by atoms with van der Waals surface area (Å²) in [6, 6.07) is 6.95. The van der Waals surface area contributed by atoms with Crippen molar-refractivity contribution in [3.8, 4) is 11.1 Å². The van der Waals surface area contributed by atoms with Crippen molar-refractivity contribution >= 4 is 0 Å². The molecule has 0 aromatic heterocycles. The molecule has 0 spiro atoms. The average Bonchev–Trinajstić information content (AvgIpc) is 2.70. The van der Waals surface area contributed by atoms with Gasteiger partial charge in [-0.2, -0.15) is 0 Å². The topological polar surface area (TPSA) is 0 Å². The van der Waals surface area contributed by atoms with E-state index in [9.17, 15) is 0 Å². The summed E-state index contributed by atoms with van der Waals surface area (Å²) in [5.74, 6) is 0. The zero-order valence-electron chi connectivity index (χ0n) is 11.9. The fraction of sp³-hybridized carbons (Fsp3) is 0.333. The molecule has 2 aromatic rings. The third-order valence-electron chi connectivity index (χ3n) is 4.75. The van der Waals surface area contributed by atoms with E-state index in [1.165, 1.54) is 50.1 Å². The predicted molar refractivity (Wildman–Crippen MR) is 78.4 cm³/mol. The van der Waals surface area contributed by atoms with E-state index in [-0.39, 0.29) is 0 Å². The molecule has 0 fully saturated rings. The van der Waals surface area contributed by atoms with Crippen molar-refractivity contribution in [2.45, 2.75) is 41.0 Å². The van der Waals surface area contributed by atoms with Crippen molar-refractivity contribution in [1.29, 1.82) is 0 Å². The molecule has 0 heterocycles. The fourth-order valence-electron chi connectivity index (χ4n) is 3.21. The summed E-state index contributed by atoms with van der Waals surface area (Å²) in [6.07, 6.45) is 1.11. The van der Waals surface area contributed by atoms with Crippen molar-refractivity contribution < 1.29 is 0 Å². The minimum Gasteiger partial charge on any atom is -0.0584 e. The van der Waals surface area contributed by atoms with Gasteiger partial charge in [-0.3, -0.25) is 0 Å². The van der Waals surface area contributed by atoms with Crippen molar-refractivity contribution in [2.24, 2.45) is 0 Å². The van der Waals surface area contributed by atoms with Crippen molar-refractivity contribution in [2.75, 3.05) is 0 Å².